The first kappa shape index (κ1) is 14.6. The van der Waals surface area contributed by atoms with E-state index in [0.29, 0.717) is 11.1 Å². The number of carboxylic acid groups (broad SMARTS) is 1. The summed E-state index contributed by atoms with van der Waals surface area (Å²) in [5.41, 5.74) is 3.11. The van der Waals surface area contributed by atoms with Crippen molar-refractivity contribution >= 4 is 23.0 Å². The van der Waals surface area contributed by atoms with Gasteiger partial charge in [-0.2, -0.15) is 5.26 Å². The molecule has 0 atom stereocenters. The minimum absolute atomic E-state index is 0.310. The second-order valence-electron chi connectivity index (χ2n) is 5.25. The molecule has 1 aromatic heterocycles. The summed E-state index contributed by atoms with van der Waals surface area (Å²) in [6.07, 6.45) is 1.33. The van der Waals surface area contributed by atoms with Crippen molar-refractivity contribution in [3.63, 3.8) is 0 Å². The molecule has 4 heteroatoms. The zero-order chi connectivity index (χ0) is 16.4. The Hall–Kier alpha value is -3.32. The molecule has 0 aliphatic heterocycles. The van der Waals surface area contributed by atoms with Gasteiger partial charge in [-0.15, -0.1) is 0 Å². The minimum Gasteiger partial charge on any atom is -0.477 e. The van der Waals surface area contributed by atoms with Crippen LogP contribution < -0.4 is 0 Å². The van der Waals surface area contributed by atoms with Crippen molar-refractivity contribution in [3.8, 4) is 17.4 Å². The summed E-state index contributed by atoms with van der Waals surface area (Å²) in [5.74, 6) is -0.493. The van der Waals surface area contributed by atoms with Crippen LogP contribution in [0.25, 0.3) is 28.4 Å². The number of hydrogen-bond acceptors (Lipinski definition) is 3. The number of nitriles is 1. The molecule has 0 fully saturated rings. The Labute approximate surface area is 132 Å². The van der Waals surface area contributed by atoms with E-state index in [9.17, 15) is 4.79 Å². The van der Waals surface area contributed by atoms with Crippen molar-refractivity contribution in [1.82, 2.24) is 0 Å². The number of nitrogens with zero attached hydrogens (tertiary/aromatic N) is 1. The Kier molecular flexibility index (Phi) is 3.70. The van der Waals surface area contributed by atoms with Gasteiger partial charge in [0, 0.05) is 10.9 Å². The molecular weight excluding hydrogens is 290 g/mol. The van der Waals surface area contributed by atoms with E-state index in [1.165, 1.54) is 11.6 Å². The first-order valence-electron chi connectivity index (χ1n) is 7.02. The maximum atomic E-state index is 10.9. The van der Waals surface area contributed by atoms with E-state index in [1.54, 1.807) is 18.2 Å². The molecule has 0 saturated heterocycles. The number of fused-ring (bicyclic) bond motifs is 1. The van der Waals surface area contributed by atoms with Crippen LogP contribution in [0.3, 0.4) is 0 Å². The smallest absolute Gasteiger partial charge is 0.346 e. The Morgan fingerprint density at radius 1 is 1.17 bits per heavy atom. The number of hydrogen-bond donors (Lipinski definition) is 1. The topological polar surface area (TPSA) is 74.2 Å². The highest BCUT2D eigenvalue weighted by Gasteiger charge is 2.09. The highest BCUT2D eigenvalue weighted by molar-refractivity contribution is 5.97. The molecule has 0 aliphatic carbocycles. The monoisotopic (exact) mass is 303 g/mol. The second-order valence-corrected chi connectivity index (χ2v) is 5.25. The number of benzene rings is 2. The molecule has 0 unspecified atom stereocenters. The van der Waals surface area contributed by atoms with Gasteiger partial charge in [-0.3, -0.25) is 0 Å². The van der Waals surface area contributed by atoms with E-state index in [2.05, 4.69) is 0 Å². The number of carboxylic acids is 1. The maximum Gasteiger partial charge on any atom is 0.346 e. The second kappa shape index (κ2) is 5.82. The van der Waals surface area contributed by atoms with Crippen LogP contribution >= 0.6 is 0 Å². The van der Waals surface area contributed by atoms with Crippen LogP contribution in [0.1, 0.15) is 11.1 Å². The van der Waals surface area contributed by atoms with Crippen molar-refractivity contribution in [3.05, 3.63) is 65.2 Å². The molecule has 0 saturated carbocycles. The number of aliphatic carboxylic acids is 1. The number of furan rings is 1. The molecule has 4 nitrogen and oxygen atoms in total. The summed E-state index contributed by atoms with van der Waals surface area (Å²) >= 11 is 0. The lowest BCUT2D eigenvalue weighted by molar-refractivity contribution is -0.132. The summed E-state index contributed by atoms with van der Waals surface area (Å²) in [6, 6.07) is 17.0. The molecule has 0 bridgehead atoms. The Morgan fingerprint density at radius 3 is 2.57 bits per heavy atom. The van der Waals surface area contributed by atoms with Gasteiger partial charge in [-0.25, -0.2) is 4.79 Å². The fraction of sp³-hybridized carbons (Fsp3) is 0.0526. The Bertz CT molecular complexity index is 956. The van der Waals surface area contributed by atoms with Gasteiger partial charge in [-0.05, 0) is 30.7 Å². The van der Waals surface area contributed by atoms with Crippen LogP contribution in [0.15, 0.2) is 58.5 Å². The van der Waals surface area contributed by atoms with Crippen molar-refractivity contribution in [2.45, 2.75) is 6.92 Å². The molecule has 3 rings (SSSR count). The third-order valence-electron chi connectivity index (χ3n) is 3.54. The molecular formula is C19H13NO3. The Morgan fingerprint density at radius 2 is 1.91 bits per heavy atom. The third-order valence-corrected chi connectivity index (χ3v) is 3.54. The predicted octanol–water partition coefficient (Wildman–Crippen LogP) is 4.40. The summed E-state index contributed by atoms with van der Waals surface area (Å²) in [6.45, 7) is 2.02. The number of aryl methyl sites for hydroxylation is 1. The number of rotatable bonds is 3. The van der Waals surface area contributed by atoms with Crippen LogP contribution in [0.5, 0.6) is 0 Å². The van der Waals surface area contributed by atoms with E-state index in [-0.39, 0.29) is 5.57 Å². The fourth-order valence-corrected chi connectivity index (χ4v) is 2.31. The van der Waals surface area contributed by atoms with E-state index in [1.807, 2.05) is 43.3 Å². The molecule has 3 aromatic rings. The lowest BCUT2D eigenvalue weighted by Crippen LogP contribution is -1.97. The van der Waals surface area contributed by atoms with E-state index in [4.69, 9.17) is 14.8 Å². The third kappa shape index (κ3) is 2.99. The molecule has 23 heavy (non-hydrogen) atoms. The molecule has 2 aromatic carbocycles. The summed E-state index contributed by atoms with van der Waals surface area (Å²) in [4.78, 5) is 10.9. The molecule has 112 valence electrons. The minimum atomic E-state index is -1.24. The van der Waals surface area contributed by atoms with Crippen molar-refractivity contribution < 1.29 is 14.3 Å². The van der Waals surface area contributed by atoms with Gasteiger partial charge in [0.1, 0.15) is 23.0 Å². The Balaban J connectivity index is 2.03. The molecule has 0 aliphatic rings. The van der Waals surface area contributed by atoms with Gasteiger partial charge >= 0.3 is 5.97 Å². The molecule has 1 N–H and O–H groups in total. The average molecular weight is 303 g/mol. The lowest BCUT2D eigenvalue weighted by atomic mass is 10.1. The molecule has 0 amide bonds. The van der Waals surface area contributed by atoms with E-state index in [0.717, 1.165) is 16.7 Å². The normalized spacial score (nSPS) is 11.4. The highest BCUT2D eigenvalue weighted by atomic mass is 16.4. The first-order valence-corrected chi connectivity index (χ1v) is 7.02. The van der Waals surface area contributed by atoms with Gasteiger partial charge in [0.25, 0.3) is 0 Å². The highest BCUT2D eigenvalue weighted by Crippen LogP contribution is 2.29. The van der Waals surface area contributed by atoms with Gasteiger partial charge in [0.05, 0.1) is 0 Å². The first-order chi connectivity index (χ1) is 11.1. The molecule has 0 radical (unpaired) electrons. The summed E-state index contributed by atoms with van der Waals surface area (Å²) in [5, 5.41) is 18.7. The zero-order valence-electron chi connectivity index (χ0n) is 12.4. The summed E-state index contributed by atoms with van der Waals surface area (Å²) < 4.78 is 5.85. The van der Waals surface area contributed by atoms with Crippen LogP contribution in [0.4, 0.5) is 0 Å². The van der Waals surface area contributed by atoms with Crippen molar-refractivity contribution in [1.29, 1.82) is 5.26 Å². The number of carbonyl (C=O) groups is 1. The maximum absolute atomic E-state index is 10.9. The van der Waals surface area contributed by atoms with Gasteiger partial charge in [0.15, 0.2) is 0 Å². The van der Waals surface area contributed by atoms with Gasteiger partial charge in [0.2, 0.25) is 0 Å². The fourth-order valence-electron chi connectivity index (χ4n) is 2.31. The van der Waals surface area contributed by atoms with Crippen LogP contribution in [-0.2, 0) is 4.79 Å². The average Bonchev–Trinajstić information content (AvgIpc) is 2.96. The zero-order valence-corrected chi connectivity index (χ0v) is 12.4. The largest absolute Gasteiger partial charge is 0.477 e. The van der Waals surface area contributed by atoms with E-state index < -0.39 is 5.97 Å². The SMILES string of the molecule is Cc1ccc(-c2cc3ccc(C=C(C#N)C(=O)O)cc3o2)cc1. The standard InChI is InChI=1S/C19H13NO3/c1-12-2-5-14(6-3-12)18-10-15-7-4-13(9-17(15)23-18)8-16(11-20)19(21)22/h2-10H,1H3,(H,21,22). The molecule has 1 heterocycles. The van der Waals surface area contributed by atoms with Crippen LogP contribution in [0.2, 0.25) is 0 Å². The lowest BCUT2D eigenvalue weighted by Gasteiger charge is -1.97. The molecule has 0 spiro atoms. The van der Waals surface area contributed by atoms with Crippen LogP contribution in [-0.4, -0.2) is 11.1 Å². The summed E-state index contributed by atoms with van der Waals surface area (Å²) in [7, 11) is 0. The van der Waals surface area contributed by atoms with Crippen molar-refractivity contribution in [2.24, 2.45) is 0 Å². The predicted molar refractivity (Wildman–Crippen MR) is 87.6 cm³/mol. The van der Waals surface area contributed by atoms with Crippen LogP contribution in [0, 0.1) is 18.3 Å². The van der Waals surface area contributed by atoms with E-state index >= 15 is 0 Å². The quantitative estimate of drug-likeness (QED) is 0.575. The van der Waals surface area contributed by atoms with Crippen molar-refractivity contribution in [2.75, 3.05) is 0 Å². The van der Waals surface area contributed by atoms with Gasteiger partial charge in [-0.1, -0.05) is 42.0 Å². The van der Waals surface area contributed by atoms with Gasteiger partial charge < -0.3 is 9.52 Å².